The number of rotatable bonds is 4. The van der Waals surface area contributed by atoms with Gasteiger partial charge in [0.25, 0.3) is 5.91 Å². The van der Waals surface area contributed by atoms with Crippen LogP contribution in [-0.2, 0) is 4.79 Å². The number of hydrogen-bond acceptors (Lipinski definition) is 7. The molecule has 9 heteroatoms. The molecular weight excluding hydrogens is 344 g/mol. The number of carbonyl (C=O) groups excluding carboxylic acids is 1. The van der Waals surface area contributed by atoms with E-state index in [-0.39, 0.29) is 11.2 Å². The van der Waals surface area contributed by atoms with Crippen LogP contribution >= 0.6 is 11.3 Å². The number of hydrogen-bond donors (Lipinski definition) is 3. The van der Waals surface area contributed by atoms with E-state index in [0.717, 1.165) is 5.56 Å². The number of fused-ring (bicyclic) bond motifs is 1. The summed E-state index contributed by atoms with van der Waals surface area (Å²) in [5.41, 5.74) is 0.378. The van der Waals surface area contributed by atoms with Gasteiger partial charge >= 0.3 is 5.97 Å². The average molecular weight is 354 g/mol. The topological polar surface area (TPSA) is 136 Å². The lowest BCUT2D eigenvalue weighted by atomic mass is 10.2. The summed E-state index contributed by atoms with van der Waals surface area (Å²) in [7, 11) is 0. The largest absolute Gasteiger partial charge is 0.504 e. The van der Waals surface area contributed by atoms with Gasteiger partial charge in [0.2, 0.25) is 0 Å². The summed E-state index contributed by atoms with van der Waals surface area (Å²) < 4.78 is 0.355. The van der Waals surface area contributed by atoms with Gasteiger partial charge in [0.05, 0.1) is 4.70 Å². The van der Waals surface area contributed by atoms with Crippen molar-refractivity contribution in [1.82, 2.24) is 15.3 Å². The predicted molar refractivity (Wildman–Crippen MR) is 89.2 cm³/mol. The average Bonchev–Trinajstić information content (AvgIpc) is 3.07. The molecule has 8 nitrogen and oxygen atoms in total. The molecule has 3 N–H and O–H groups in total. The fourth-order valence-corrected chi connectivity index (χ4v) is 3.16. The molecule has 0 unspecified atom stereocenters. The van der Waals surface area contributed by atoms with E-state index in [0.29, 0.717) is 9.71 Å². The Morgan fingerprint density at radius 3 is 2.60 bits per heavy atom. The number of nitrogens with one attached hydrogen (secondary N) is 1. The zero-order valence-corrected chi connectivity index (χ0v) is 13.4. The fraction of sp³-hybridized carbons (Fsp3) is 0.0625. The minimum Gasteiger partial charge on any atom is -0.504 e. The molecule has 0 fully saturated rings. The fourth-order valence-electron chi connectivity index (χ4n) is 2.15. The third-order valence-electron chi connectivity index (χ3n) is 3.26. The molecule has 1 amide bonds. The summed E-state index contributed by atoms with van der Waals surface area (Å²) in [6, 6.07) is 11.0. The predicted octanol–water partition coefficient (Wildman–Crippen LogP) is 1.75. The summed E-state index contributed by atoms with van der Waals surface area (Å²) in [5, 5.41) is 30.9. The molecule has 0 bridgehead atoms. The molecule has 0 spiro atoms. The zero-order chi connectivity index (χ0) is 18.0. The highest BCUT2D eigenvalue weighted by Gasteiger charge is 2.23. The smallest absolute Gasteiger partial charge is 0.322 e. The van der Waals surface area contributed by atoms with Crippen molar-refractivity contribution in [2.24, 2.45) is 0 Å². The van der Waals surface area contributed by atoms with Gasteiger partial charge in [-0.25, -0.2) is 9.97 Å². The summed E-state index contributed by atoms with van der Waals surface area (Å²) in [5.74, 6) is -2.63. The maximum absolute atomic E-state index is 12.0. The molecule has 0 aliphatic rings. The van der Waals surface area contributed by atoms with Gasteiger partial charge in [0.15, 0.2) is 17.1 Å². The van der Waals surface area contributed by atoms with Gasteiger partial charge in [0.1, 0.15) is 23.1 Å². The van der Waals surface area contributed by atoms with Gasteiger partial charge in [-0.1, -0.05) is 30.3 Å². The third-order valence-corrected chi connectivity index (χ3v) is 4.37. The van der Waals surface area contributed by atoms with E-state index in [2.05, 4.69) is 15.3 Å². The van der Waals surface area contributed by atoms with Crippen molar-refractivity contribution in [2.45, 2.75) is 0 Å². The van der Waals surface area contributed by atoms with E-state index in [1.165, 1.54) is 11.3 Å². The third kappa shape index (κ3) is 3.11. The van der Waals surface area contributed by atoms with Crippen molar-refractivity contribution in [3.8, 4) is 22.4 Å². The number of pyridine rings is 1. The molecule has 1 aromatic carbocycles. The summed E-state index contributed by atoms with van der Waals surface area (Å²) in [4.78, 5) is 30.8. The molecule has 0 saturated heterocycles. The highest BCUT2D eigenvalue weighted by molar-refractivity contribution is 7.22. The van der Waals surface area contributed by atoms with Gasteiger partial charge in [0, 0.05) is 5.56 Å². The maximum atomic E-state index is 12.0. The number of aliphatic carboxylic acids is 1. The van der Waals surface area contributed by atoms with E-state index in [1.54, 1.807) is 0 Å². The molecule has 25 heavy (non-hydrogen) atoms. The highest BCUT2D eigenvalue weighted by atomic mass is 32.1. The van der Waals surface area contributed by atoms with E-state index in [4.69, 9.17) is 5.11 Å². The quantitative estimate of drug-likeness (QED) is 0.649. The van der Waals surface area contributed by atoms with Crippen molar-refractivity contribution < 1.29 is 19.8 Å². The number of nitriles is 1. The molecular formula is C16H10N4O4S. The molecule has 0 aliphatic carbocycles. The monoisotopic (exact) mass is 354 g/mol. The molecule has 124 valence electrons. The van der Waals surface area contributed by atoms with Gasteiger partial charge in [-0.05, 0) is 0 Å². The van der Waals surface area contributed by atoms with Crippen LogP contribution in [0.3, 0.4) is 0 Å². The molecule has 0 radical (unpaired) electrons. The lowest BCUT2D eigenvalue weighted by Gasteiger charge is -2.05. The number of thiazole rings is 1. The summed E-state index contributed by atoms with van der Waals surface area (Å²) in [6.45, 7) is -0.633. The first-order valence-corrected chi connectivity index (χ1v) is 7.82. The Kier molecular flexibility index (Phi) is 4.28. The Hall–Kier alpha value is -3.51. The Labute approximate surface area is 145 Å². The van der Waals surface area contributed by atoms with Crippen LogP contribution in [0.25, 0.3) is 20.8 Å². The normalized spacial score (nSPS) is 10.4. The van der Waals surface area contributed by atoms with Crippen molar-refractivity contribution in [3.63, 3.8) is 0 Å². The molecule has 0 saturated carbocycles. The van der Waals surface area contributed by atoms with Crippen LogP contribution in [0, 0.1) is 11.3 Å². The standard InChI is InChI=1S/C16H10N4O4S/c17-6-9-14-11(20-16(25-14)8-4-2-1-3-5-8)13(23)12(19-9)15(24)18-7-10(21)22/h1-5,23H,7H2,(H,18,24)(H,21,22). The second-order valence-electron chi connectivity index (χ2n) is 4.91. The molecule has 2 aromatic heterocycles. The Bertz CT molecular complexity index is 1020. The van der Waals surface area contributed by atoms with E-state index < -0.39 is 29.9 Å². The molecule has 0 aliphatic heterocycles. The zero-order valence-electron chi connectivity index (χ0n) is 12.6. The Morgan fingerprint density at radius 2 is 1.96 bits per heavy atom. The molecule has 3 aromatic rings. The number of aromatic nitrogens is 2. The first-order chi connectivity index (χ1) is 12.0. The van der Waals surface area contributed by atoms with Crippen LogP contribution < -0.4 is 5.32 Å². The highest BCUT2D eigenvalue weighted by Crippen LogP contribution is 2.37. The second-order valence-corrected chi connectivity index (χ2v) is 5.91. The number of nitrogens with zero attached hydrogens (tertiary/aromatic N) is 3. The number of amides is 1. The van der Waals surface area contributed by atoms with Crippen molar-refractivity contribution in [1.29, 1.82) is 5.26 Å². The number of aromatic hydroxyl groups is 1. The molecule has 3 rings (SSSR count). The summed E-state index contributed by atoms with van der Waals surface area (Å²) in [6.07, 6.45) is 0. The van der Waals surface area contributed by atoms with Crippen LogP contribution in [0.15, 0.2) is 30.3 Å². The van der Waals surface area contributed by atoms with Gasteiger partial charge in [-0.3, -0.25) is 9.59 Å². The van der Waals surface area contributed by atoms with Gasteiger partial charge < -0.3 is 15.5 Å². The Balaban J connectivity index is 2.13. The van der Waals surface area contributed by atoms with E-state index >= 15 is 0 Å². The van der Waals surface area contributed by atoms with Gasteiger partial charge in [-0.2, -0.15) is 5.26 Å². The SMILES string of the molecule is N#Cc1nc(C(=O)NCC(=O)O)c(O)c2nc(-c3ccccc3)sc12. The summed E-state index contributed by atoms with van der Waals surface area (Å²) >= 11 is 1.17. The van der Waals surface area contributed by atoms with Crippen molar-refractivity contribution in [2.75, 3.05) is 6.54 Å². The molecule has 0 atom stereocenters. The lowest BCUT2D eigenvalue weighted by Crippen LogP contribution is -2.30. The number of carboxylic acid groups (broad SMARTS) is 1. The van der Waals surface area contributed by atoms with Crippen LogP contribution in [0.5, 0.6) is 5.75 Å². The van der Waals surface area contributed by atoms with E-state index in [1.807, 2.05) is 36.4 Å². The minimum atomic E-state index is -1.24. The van der Waals surface area contributed by atoms with Crippen LogP contribution in [0.1, 0.15) is 16.2 Å². The van der Waals surface area contributed by atoms with Crippen LogP contribution in [-0.4, -0.2) is 38.6 Å². The first kappa shape index (κ1) is 16.4. The second kappa shape index (κ2) is 6.54. The van der Waals surface area contributed by atoms with E-state index in [9.17, 15) is 20.0 Å². The molecule has 2 heterocycles. The van der Waals surface area contributed by atoms with Gasteiger partial charge in [-0.15, -0.1) is 11.3 Å². The van der Waals surface area contributed by atoms with Crippen LogP contribution in [0.4, 0.5) is 0 Å². The first-order valence-electron chi connectivity index (χ1n) is 7.00. The number of carbonyl (C=O) groups is 2. The number of carboxylic acids is 1. The lowest BCUT2D eigenvalue weighted by molar-refractivity contribution is -0.135. The minimum absolute atomic E-state index is 0.0621. The van der Waals surface area contributed by atoms with Crippen molar-refractivity contribution in [3.05, 3.63) is 41.7 Å². The maximum Gasteiger partial charge on any atom is 0.322 e. The van der Waals surface area contributed by atoms with Crippen LogP contribution in [0.2, 0.25) is 0 Å². The number of benzene rings is 1. The Morgan fingerprint density at radius 1 is 1.24 bits per heavy atom. The van der Waals surface area contributed by atoms with Crippen molar-refractivity contribution >= 4 is 33.4 Å².